The van der Waals surface area contributed by atoms with E-state index in [1.807, 2.05) is 54.1 Å². The summed E-state index contributed by atoms with van der Waals surface area (Å²) in [6, 6.07) is 17.4. The van der Waals surface area contributed by atoms with E-state index in [9.17, 15) is 9.59 Å². The molecule has 1 fully saturated rings. The Balaban J connectivity index is 1.67. The van der Waals surface area contributed by atoms with Gasteiger partial charge in [0.2, 0.25) is 0 Å². The van der Waals surface area contributed by atoms with Crippen molar-refractivity contribution in [3.05, 3.63) is 60.2 Å². The number of para-hydroxylation sites is 2. The zero-order chi connectivity index (χ0) is 22.0. The molecule has 0 radical (unpaired) electrons. The van der Waals surface area contributed by atoms with Gasteiger partial charge in [0.25, 0.3) is 5.91 Å². The minimum atomic E-state index is -0.487. The molecule has 0 spiro atoms. The number of hydrogen-bond donors (Lipinski definition) is 1. The number of carbonyl (C=O) groups is 2. The molecule has 162 valence electrons. The minimum absolute atomic E-state index is 0.0501. The lowest BCUT2D eigenvalue weighted by Crippen LogP contribution is -2.62. The van der Waals surface area contributed by atoms with Crippen molar-refractivity contribution in [1.29, 1.82) is 0 Å². The quantitative estimate of drug-likeness (QED) is 0.450. The van der Waals surface area contributed by atoms with Crippen LogP contribution in [0.5, 0.6) is 0 Å². The van der Waals surface area contributed by atoms with Crippen molar-refractivity contribution in [3.63, 3.8) is 0 Å². The zero-order valence-electron chi connectivity index (χ0n) is 18.0. The molecule has 1 aromatic heterocycles. The Morgan fingerprint density at radius 1 is 1.19 bits per heavy atom. The second-order valence-corrected chi connectivity index (χ2v) is 9.12. The summed E-state index contributed by atoms with van der Waals surface area (Å²) in [5.74, 6) is -0.0772. The number of amides is 2. The third-order valence-corrected chi connectivity index (χ3v) is 7.57. The first-order chi connectivity index (χ1) is 15.0. The van der Waals surface area contributed by atoms with Gasteiger partial charge in [0, 0.05) is 31.9 Å². The molecule has 2 unspecified atom stereocenters. The number of aryl methyl sites for hydroxylation is 1. The number of hydrogen-bond acceptors (Lipinski definition) is 4. The molecule has 4 rings (SSSR count). The Morgan fingerprint density at radius 3 is 2.58 bits per heavy atom. The second kappa shape index (κ2) is 8.85. The van der Waals surface area contributed by atoms with Crippen molar-refractivity contribution < 1.29 is 14.1 Å². The molecule has 2 aromatic carbocycles. The van der Waals surface area contributed by atoms with Crippen molar-refractivity contribution in [1.82, 2.24) is 9.55 Å². The standard InChI is InChI=1S/C24H28N4O2S/c1-3-20(17-10-5-4-6-11-17)28(15-9-14-21(28)23(25)30)22(29)16-31-24-26-18-12-7-8-13-19(18)27(24)2/h4-8,10-13,20-21H,3,9,14-16H2,1-2H3,(H-,25,30)/p+1/t20?,21-,28?/m0/s1. The van der Waals surface area contributed by atoms with E-state index in [2.05, 4.69) is 24.0 Å². The smallest absolute Gasteiger partial charge is 0.325 e. The van der Waals surface area contributed by atoms with E-state index in [4.69, 9.17) is 5.73 Å². The predicted octanol–water partition coefficient (Wildman–Crippen LogP) is 3.81. The number of nitrogens with two attached hydrogens (primary N) is 1. The van der Waals surface area contributed by atoms with Gasteiger partial charge in [-0.15, -0.1) is 0 Å². The Morgan fingerprint density at radius 2 is 1.90 bits per heavy atom. The summed E-state index contributed by atoms with van der Waals surface area (Å²) in [6.07, 6.45) is 2.23. The summed E-state index contributed by atoms with van der Waals surface area (Å²) in [5, 5.41) is 0.801. The van der Waals surface area contributed by atoms with E-state index < -0.39 is 6.04 Å². The highest BCUT2D eigenvalue weighted by Gasteiger charge is 2.55. The highest BCUT2D eigenvalue weighted by atomic mass is 32.2. The van der Waals surface area contributed by atoms with Crippen LogP contribution < -0.4 is 5.73 Å². The van der Waals surface area contributed by atoms with Crippen LogP contribution in [0.2, 0.25) is 0 Å². The largest absolute Gasteiger partial charge is 0.364 e. The summed E-state index contributed by atoms with van der Waals surface area (Å²) < 4.78 is 2.13. The SMILES string of the molecule is CCC(c1ccccc1)[N+]1(C(=O)CSc2nc3ccccc3n2C)CCC[C@H]1C(N)=O. The van der Waals surface area contributed by atoms with Gasteiger partial charge in [0.05, 0.1) is 17.6 Å². The van der Waals surface area contributed by atoms with Crippen LogP contribution in [0.15, 0.2) is 59.8 Å². The molecule has 3 aromatic rings. The molecule has 6 nitrogen and oxygen atoms in total. The number of benzene rings is 2. The molecule has 1 aliphatic rings. The monoisotopic (exact) mass is 437 g/mol. The van der Waals surface area contributed by atoms with Gasteiger partial charge in [-0.05, 0) is 12.1 Å². The second-order valence-electron chi connectivity index (χ2n) is 8.17. The van der Waals surface area contributed by atoms with Gasteiger partial charge in [0.1, 0.15) is 11.8 Å². The highest BCUT2D eigenvalue weighted by molar-refractivity contribution is 7.99. The number of imidazole rings is 1. The molecule has 2 N–H and O–H groups in total. The van der Waals surface area contributed by atoms with Gasteiger partial charge in [0.15, 0.2) is 11.2 Å². The fraction of sp³-hybridized carbons (Fsp3) is 0.375. The average molecular weight is 438 g/mol. The fourth-order valence-corrected chi connectivity index (χ4v) is 6.10. The van der Waals surface area contributed by atoms with Crippen molar-refractivity contribution in [3.8, 4) is 0 Å². The molecule has 31 heavy (non-hydrogen) atoms. The number of aromatic nitrogens is 2. The summed E-state index contributed by atoms with van der Waals surface area (Å²) in [5.41, 5.74) is 8.86. The molecule has 0 aliphatic carbocycles. The van der Waals surface area contributed by atoms with Gasteiger partial charge in [-0.3, -0.25) is 4.79 Å². The number of quaternary nitrogens is 1. The van der Waals surface area contributed by atoms with Crippen LogP contribution in [0, 0.1) is 0 Å². The van der Waals surface area contributed by atoms with Crippen molar-refractivity contribution in [2.24, 2.45) is 12.8 Å². The first-order valence-electron chi connectivity index (χ1n) is 10.8. The average Bonchev–Trinajstić information content (AvgIpc) is 3.36. The number of carbonyl (C=O) groups excluding carboxylic acids is 2. The van der Waals surface area contributed by atoms with E-state index in [-0.39, 0.29) is 28.1 Å². The molecular formula is C24H29N4O2S+. The van der Waals surface area contributed by atoms with E-state index in [1.165, 1.54) is 11.8 Å². The van der Waals surface area contributed by atoms with Crippen LogP contribution in [0.1, 0.15) is 37.8 Å². The number of rotatable bonds is 7. The highest BCUT2D eigenvalue weighted by Crippen LogP contribution is 2.42. The molecular weight excluding hydrogens is 408 g/mol. The van der Waals surface area contributed by atoms with Gasteiger partial charge < -0.3 is 10.3 Å². The van der Waals surface area contributed by atoms with Gasteiger partial charge >= 0.3 is 5.91 Å². The van der Waals surface area contributed by atoms with Gasteiger partial charge in [-0.1, -0.05) is 61.2 Å². The third-order valence-electron chi connectivity index (χ3n) is 6.55. The molecule has 0 saturated carbocycles. The lowest BCUT2D eigenvalue weighted by Gasteiger charge is -2.42. The number of primary amides is 1. The maximum Gasteiger partial charge on any atom is 0.325 e. The van der Waals surface area contributed by atoms with Crippen molar-refractivity contribution >= 4 is 34.6 Å². The number of nitrogens with zero attached hydrogens (tertiary/aromatic N) is 3. The molecule has 7 heteroatoms. The Kier molecular flexibility index (Phi) is 6.16. The molecule has 0 bridgehead atoms. The predicted molar refractivity (Wildman–Crippen MR) is 123 cm³/mol. The fourth-order valence-electron chi connectivity index (χ4n) is 5.15. The normalized spacial score (nSPS) is 21.9. The summed E-state index contributed by atoms with van der Waals surface area (Å²) >= 11 is 1.44. The molecule has 1 saturated heterocycles. The van der Waals surface area contributed by atoms with Crippen LogP contribution in [-0.4, -0.2) is 44.2 Å². The maximum atomic E-state index is 13.9. The van der Waals surface area contributed by atoms with Crippen molar-refractivity contribution in [2.45, 2.75) is 43.4 Å². The Labute approximate surface area is 187 Å². The maximum absolute atomic E-state index is 13.9. The summed E-state index contributed by atoms with van der Waals surface area (Å²) in [6.45, 7) is 2.73. The zero-order valence-corrected chi connectivity index (χ0v) is 18.8. The lowest BCUT2D eigenvalue weighted by atomic mass is 9.97. The van der Waals surface area contributed by atoms with Crippen LogP contribution in [0.3, 0.4) is 0 Å². The Bertz CT molecular complexity index is 1100. The number of likely N-dealkylation sites (tertiary alicyclic amines) is 1. The molecule has 1 aliphatic heterocycles. The first-order valence-corrected chi connectivity index (χ1v) is 11.8. The van der Waals surface area contributed by atoms with Crippen LogP contribution >= 0.6 is 11.8 Å². The van der Waals surface area contributed by atoms with E-state index >= 15 is 0 Å². The Hall–Kier alpha value is -2.64. The molecule has 3 atom stereocenters. The van der Waals surface area contributed by atoms with E-state index in [1.54, 1.807) is 0 Å². The van der Waals surface area contributed by atoms with Crippen LogP contribution in [0.4, 0.5) is 0 Å². The van der Waals surface area contributed by atoms with Gasteiger partial charge in [-0.25, -0.2) is 14.3 Å². The van der Waals surface area contributed by atoms with Crippen molar-refractivity contribution in [2.75, 3.05) is 12.3 Å². The van der Waals surface area contributed by atoms with Crippen LogP contribution in [-0.2, 0) is 16.6 Å². The van der Waals surface area contributed by atoms with Crippen LogP contribution in [0.25, 0.3) is 11.0 Å². The summed E-state index contributed by atoms with van der Waals surface area (Å²) in [7, 11) is 1.97. The number of fused-ring (bicyclic) bond motifs is 1. The first kappa shape index (κ1) is 21.6. The van der Waals surface area contributed by atoms with E-state index in [0.717, 1.165) is 34.6 Å². The third kappa shape index (κ3) is 3.77. The topological polar surface area (TPSA) is 78.0 Å². The number of thioether (sulfide) groups is 1. The summed E-state index contributed by atoms with van der Waals surface area (Å²) in [4.78, 5) is 31.0. The van der Waals surface area contributed by atoms with Gasteiger partial charge in [-0.2, -0.15) is 0 Å². The molecule has 2 amide bonds. The van der Waals surface area contributed by atoms with E-state index in [0.29, 0.717) is 13.0 Å². The minimum Gasteiger partial charge on any atom is -0.364 e. The lowest BCUT2D eigenvalue weighted by molar-refractivity contribution is -0.888. The molecule has 2 heterocycles.